The zero-order valence-electron chi connectivity index (χ0n) is 7.85. The summed E-state index contributed by atoms with van der Waals surface area (Å²) in [5.74, 6) is 0. The summed E-state index contributed by atoms with van der Waals surface area (Å²) in [5.41, 5.74) is 0. The number of nitrogens with zero attached hydrogens (tertiary/aromatic N) is 2. The first-order valence-corrected chi connectivity index (χ1v) is 5.14. The van der Waals surface area contributed by atoms with Gasteiger partial charge in [-0.1, -0.05) is 19.3 Å². The molecule has 0 aromatic rings. The van der Waals surface area contributed by atoms with Gasteiger partial charge in [0.1, 0.15) is 12.3 Å². The fourth-order valence-corrected chi connectivity index (χ4v) is 2.29. The van der Waals surface area contributed by atoms with E-state index >= 15 is 0 Å². The molecule has 72 valence electrons. The van der Waals surface area contributed by atoms with Gasteiger partial charge in [0.05, 0.1) is 12.9 Å². The fourth-order valence-electron chi connectivity index (χ4n) is 2.29. The molecule has 13 heavy (non-hydrogen) atoms. The third-order valence-corrected chi connectivity index (χ3v) is 3.04. The molecule has 1 saturated carbocycles. The van der Waals surface area contributed by atoms with Crippen molar-refractivity contribution in [3.8, 4) is 0 Å². The molecule has 2 rings (SSSR count). The lowest BCUT2D eigenvalue weighted by Gasteiger charge is -2.32. The molecule has 0 radical (unpaired) electrons. The van der Waals surface area contributed by atoms with Gasteiger partial charge in [0.2, 0.25) is 0 Å². The van der Waals surface area contributed by atoms with Gasteiger partial charge in [-0.3, -0.25) is 4.99 Å². The maximum atomic E-state index is 10.7. The predicted octanol–water partition coefficient (Wildman–Crippen LogP) is 1.23. The van der Waals surface area contributed by atoms with Crippen LogP contribution in [0.1, 0.15) is 32.1 Å². The van der Waals surface area contributed by atoms with E-state index in [4.69, 9.17) is 0 Å². The van der Waals surface area contributed by atoms with E-state index in [2.05, 4.69) is 9.89 Å². The molecule has 0 aromatic carbocycles. The number of aldehydes is 1. The zero-order chi connectivity index (χ0) is 9.10. The Morgan fingerprint density at radius 1 is 1.31 bits per heavy atom. The second-order valence-corrected chi connectivity index (χ2v) is 3.92. The Morgan fingerprint density at radius 2 is 2.08 bits per heavy atom. The van der Waals surface area contributed by atoms with E-state index in [0.717, 1.165) is 6.29 Å². The summed E-state index contributed by atoms with van der Waals surface area (Å²) in [5, 5.41) is 0. The van der Waals surface area contributed by atoms with Crippen LogP contribution in [-0.2, 0) is 4.79 Å². The summed E-state index contributed by atoms with van der Waals surface area (Å²) in [7, 11) is 0. The summed E-state index contributed by atoms with van der Waals surface area (Å²) in [6.45, 7) is 0.667. The van der Waals surface area contributed by atoms with Gasteiger partial charge in [0, 0.05) is 6.04 Å². The van der Waals surface area contributed by atoms with Crippen molar-refractivity contribution >= 4 is 12.6 Å². The first-order chi connectivity index (χ1) is 6.42. The molecule has 0 spiro atoms. The molecular weight excluding hydrogens is 164 g/mol. The van der Waals surface area contributed by atoms with Gasteiger partial charge >= 0.3 is 0 Å². The van der Waals surface area contributed by atoms with E-state index in [1.165, 1.54) is 32.1 Å². The van der Waals surface area contributed by atoms with E-state index < -0.39 is 0 Å². The number of rotatable bonds is 2. The Bertz CT molecular complexity index is 209. The molecule has 1 aliphatic heterocycles. The number of hydrogen-bond acceptors (Lipinski definition) is 3. The summed E-state index contributed by atoms with van der Waals surface area (Å²) in [6, 6.07) is 0.610. The third kappa shape index (κ3) is 1.74. The first kappa shape index (κ1) is 8.73. The van der Waals surface area contributed by atoms with E-state index in [1.807, 2.05) is 6.34 Å². The predicted molar refractivity (Wildman–Crippen MR) is 51.9 cm³/mol. The second-order valence-electron chi connectivity index (χ2n) is 3.92. The molecule has 0 aromatic heterocycles. The van der Waals surface area contributed by atoms with Crippen LogP contribution in [0.15, 0.2) is 4.99 Å². The van der Waals surface area contributed by atoms with Crippen LogP contribution in [-0.4, -0.2) is 36.2 Å². The molecule has 1 unspecified atom stereocenters. The molecule has 0 amide bonds. The van der Waals surface area contributed by atoms with Crippen molar-refractivity contribution in [2.75, 3.05) is 6.54 Å². The molecule has 3 heteroatoms. The molecule has 0 N–H and O–H groups in total. The van der Waals surface area contributed by atoms with Gasteiger partial charge < -0.3 is 9.69 Å². The highest BCUT2D eigenvalue weighted by Crippen LogP contribution is 2.24. The highest BCUT2D eigenvalue weighted by molar-refractivity contribution is 5.70. The topological polar surface area (TPSA) is 32.7 Å². The highest BCUT2D eigenvalue weighted by atomic mass is 16.1. The molecule has 0 saturated heterocycles. The second kappa shape index (κ2) is 3.90. The number of carbonyl (C=O) groups excluding carboxylic acids is 1. The SMILES string of the molecule is O=CC1CN=CN1C1CCCCC1. The summed E-state index contributed by atoms with van der Waals surface area (Å²) in [6.07, 6.45) is 9.33. The minimum Gasteiger partial charge on any atom is -0.348 e. The minimum absolute atomic E-state index is 0.0306. The first-order valence-electron chi connectivity index (χ1n) is 5.14. The molecule has 3 nitrogen and oxygen atoms in total. The zero-order valence-corrected chi connectivity index (χ0v) is 7.85. The monoisotopic (exact) mass is 180 g/mol. The van der Waals surface area contributed by atoms with Gasteiger partial charge in [0.15, 0.2) is 0 Å². The van der Waals surface area contributed by atoms with E-state index in [-0.39, 0.29) is 6.04 Å². The van der Waals surface area contributed by atoms with Gasteiger partial charge in [-0.2, -0.15) is 0 Å². The molecular formula is C10H16N2O. The Hall–Kier alpha value is -0.860. The summed E-state index contributed by atoms with van der Waals surface area (Å²) in [4.78, 5) is 17.1. The van der Waals surface area contributed by atoms with Crippen LogP contribution in [0.3, 0.4) is 0 Å². The van der Waals surface area contributed by atoms with E-state index in [9.17, 15) is 4.79 Å². The molecule has 1 atom stereocenters. The maximum Gasteiger partial charge on any atom is 0.144 e. The van der Waals surface area contributed by atoms with Crippen LogP contribution in [0.25, 0.3) is 0 Å². The molecule has 1 aliphatic carbocycles. The van der Waals surface area contributed by atoms with Crippen molar-refractivity contribution in [2.24, 2.45) is 4.99 Å². The Labute approximate surface area is 78.8 Å². The van der Waals surface area contributed by atoms with Crippen LogP contribution >= 0.6 is 0 Å². The lowest BCUT2D eigenvalue weighted by atomic mass is 9.94. The van der Waals surface area contributed by atoms with Crippen LogP contribution in [0.5, 0.6) is 0 Å². The summed E-state index contributed by atoms with van der Waals surface area (Å²) < 4.78 is 0. The molecule has 0 bridgehead atoms. The van der Waals surface area contributed by atoms with Crippen molar-refractivity contribution in [3.63, 3.8) is 0 Å². The van der Waals surface area contributed by atoms with Gasteiger partial charge in [0.25, 0.3) is 0 Å². The van der Waals surface area contributed by atoms with Gasteiger partial charge in [-0.25, -0.2) is 0 Å². The van der Waals surface area contributed by atoms with Crippen molar-refractivity contribution in [1.29, 1.82) is 0 Å². The summed E-state index contributed by atoms with van der Waals surface area (Å²) >= 11 is 0. The average molecular weight is 180 g/mol. The standard InChI is InChI=1S/C10H16N2O/c13-7-10-6-11-8-12(10)9-4-2-1-3-5-9/h7-10H,1-6H2. The van der Waals surface area contributed by atoms with Crippen LogP contribution < -0.4 is 0 Å². The molecule has 1 heterocycles. The fraction of sp³-hybridized carbons (Fsp3) is 0.800. The Balaban J connectivity index is 1.97. The van der Waals surface area contributed by atoms with Gasteiger partial charge in [-0.15, -0.1) is 0 Å². The lowest BCUT2D eigenvalue weighted by molar-refractivity contribution is -0.111. The van der Waals surface area contributed by atoms with E-state index in [1.54, 1.807) is 0 Å². The third-order valence-electron chi connectivity index (χ3n) is 3.04. The van der Waals surface area contributed by atoms with Crippen molar-refractivity contribution in [3.05, 3.63) is 0 Å². The van der Waals surface area contributed by atoms with E-state index in [0.29, 0.717) is 12.6 Å². The normalized spacial score (nSPS) is 29.5. The average Bonchev–Trinajstić information content (AvgIpc) is 2.67. The quantitative estimate of drug-likeness (QED) is 0.599. The number of aliphatic imine (C=N–C) groups is 1. The Morgan fingerprint density at radius 3 is 2.77 bits per heavy atom. The van der Waals surface area contributed by atoms with Crippen LogP contribution in [0.2, 0.25) is 0 Å². The van der Waals surface area contributed by atoms with Crippen LogP contribution in [0, 0.1) is 0 Å². The smallest absolute Gasteiger partial charge is 0.144 e. The maximum absolute atomic E-state index is 10.7. The highest BCUT2D eigenvalue weighted by Gasteiger charge is 2.27. The minimum atomic E-state index is 0.0306. The number of carbonyl (C=O) groups is 1. The molecule has 2 aliphatic rings. The van der Waals surface area contributed by atoms with Crippen molar-refractivity contribution in [1.82, 2.24) is 4.90 Å². The Kier molecular flexibility index (Phi) is 2.62. The van der Waals surface area contributed by atoms with Crippen molar-refractivity contribution < 1.29 is 4.79 Å². The van der Waals surface area contributed by atoms with Crippen molar-refractivity contribution in [2.45, 2.75) is 44.2 Å². The molecule has 1 fully saturated rings. The van der Waals surface area contributed by atoms with Crippen LogP contribution in [0.4, 0.5) is 0 Å². The lowest BCUT2D eigenvalue weighted by Crippen LogP contribution is -2.42. The largest absolute Gasteiger partial charge is 0.348 e. The van der Waals surface area contributed by atoms with Gasteiger partial charge in [-0.05, 0) is 12.8 Å². The number of hydrogen-bond donors (Lipinski definition) is 0.